The standard InChI is InChI=1S/C17H23NO4/c1-12-4-2-3-5-15(12)18-16(20)11-22-17(21)14-8-6-13(10-19)7-9-14/h6-9,12,15,19H,2-5,10-11H2,1H3,(H,18,20)/t12-,15-/m1/s1. The van der Waals surface area contributed by atoms with Crippen LogP contribution in [-0.4, -0.2) is 29.6 Å². The molecule has 1 aromatic carbocycles. The monoisotopic (exact) mass is 305 g/mol. The second-order valence-corrected chi connectivity index (χ2v) is 5.87. The fraction of sp³-hybridized carbons (Fsp3) is 0.529. The molecule has 5 nitrogen and oxygen atoms in total. The lowest BCUT2D eigenvalue weighted by atomic mass is 9.86. The minimum Gasteiger partial charge on any atom is -0.452 e. The van der Waals surface area contributed by atoms with Gasteiger partial charge in [-0.3, -0.25) is 4.79 Å². The number of ether oxygens (including phenoxy) is 1. The van der Waals surface area contributed by atoms with Crippen LogP contribution in [0.25, 0.3) is 0 Å². The predicted molar refractivity (Wildman–Crippen MR) is 82.2 cm³/mol. The SMILES string of the molecule is C[C@@H]1CCCC[C@H]1NC(=O)COC(=O)c1ccc(CO)cc1. The van der Waals surface area contributed by atoms with Gasteiger partial charge in [0, 0.05) is 6.04 Å². The molecule has 0 bridgehead atoms. The summed E-state index contributed by atoms with van der Waals surface area (Å²) in [6.45, 7) is 1.81. The van der Waals surface area contributed by atoms with Crippen molar-refractivity contribution in [2.24, 2.45) is 5.92 Å². The molecule has 2 rings (SSSR count). The number of esters is 1. The highest BCUT2D eigenvalue weighted by atomic mass is 16.5. The molecule has 0 radical (unpaired) electrons. The highest BCUT2D eigenvalue weighted by molar-refractivity contribution is 5.91. The molecule has 1 aromatic rings. The molecule has 0 unspecified atom stereocenters. The van der Waals surface area contributed by atoms with Gasteiger partial charge in [0.1, 0.15) is 0 Å². The third-order valence-electron chi connectivity index (χ3n) is 4.16. The zero-order valence-electron chi connectivity index (χ0n) is 12.9. The average molecular weight is 305 g/mol. The summed E-state index contributed by atoms with van der Waals surface area (Å²) < 4.78 is 5.03. The summed E-state index contributed by atoms with van der Waals surface area (Å²) in [5.41, 5.74) is 1.09. The van der Waals surface area contributed by atoms with Crippen molar-refractivity contribution in [2.75, 3.05) is 6.61 Å². The van der Waals surface area contributed by atoms with E-state index in [1.54, 1.807) is 24.3 Å². The average Bonchev–Trinajstić information content (AvgIpc) is 2.55. The summed E-state index contributed by atoms with van der Waals surface area (Å²) in [6.07, 6.45) is 4.46. The number of nitrogens with one attached hydrogen (secondary N) is 1. The maximum atomic E-state index is 11.9. The van der Waals surface area contributed by atoms with Crippen molar-refractivity contribution in [3.05, 3.63) is 35.4 Å². The lowest BCUT2D eigenvalue weighted by Gasteiger charge is -2.29. The Balaban J connectivity index is 1.78. The van der Waals surface area contributed by atoms with Gasteiger partial charge in [-0.2, -0.15) is 0 Å². The molecule has 0 spiro atoms. The zero-order chi connectivity index (χ0) is 15.9. The summed E-state index contributed by atoms with van der Waals surface area (Å²) in [7, 11) is 0. The van der Waals surface area contributed by atoms with Crippen LogP contribution in [-0.2, 0) is 16.1 Å². The van der Waals surface area contributed by atoms with Crippen molar-refractivity contribution in [1.29, 1.82) is 0 Å². The molecule has 1 aliphatic rings. The van der Waals surface area contributed by atoms with E-state index < -0.39 is 5.97 Å². The summed E-state index contributed by atoms with van der Waals surface area (Å²) >= 11 is 0. The van der Waals surface area contributed by atoms with Crippen LogP contribution in [0, 0.1) is 5.92 Å². The molecule has 5 heteroatoms. The number of benzene rings is 1. The number of aliphatic hydroxyl groups excluding tert-OH is 1. The molecule has 1 aliphatic carbocycles. The number of hydrogen-bond donors (Lipinski definition) is 2. The Morgan fingerprint density at radius 2 is 1.91 bits per heavy atom. The van der Waals surface area contributed by atoms with E-state index in [1.807, 2.05) is 0 Å². The van der Waals surface area contributed by atoms with Crippen molar-refractivity contribution >= 4 is 11.9 Å². The molecule has 2 N–H and O–H groups in total. The van der Waals surface area contributed by atoms with E-state index in [2.05, 4.69) is 12.2 Å². The van der Waals surface area contributed by atoms with E-state index in [-0.39, 0.29) is 25.2 Å². The molecule has 1 amide bonds. The third-order valence-corrected chi connectivity index (χ3v) is 4.16. The van der Waals surface area contributed by atoms with Gasteiger partial charge in [-0.1, -0.05) is 31.9 Å². The van der Waals surface area contributed by atoms with E-state index in [9.17, 15) is 9.59 Å². The Hall–Kier alpha value is -1.88. The second-order valence-electron chi connectivity index (χ2n) is 5.87. The van der Waals surface area contributed by atoms with Gasteiger partial charge in [-0.15, -0.1) is 0 Å². The van der Waals surface area contributed by atoms with Crippen LogP contribution >= 0.6 is 0 Å². The maximum absolute atomic E-state index is 11.9. The summed E-state index contributed by atoms with van der Waals surface area (Å²) in [5, 5.41) is 11.9. The topological polar surface area (TPSA) is 75.6 Å². The van der Waals surface area contributed by atoms with Crippen LogP contribution in [0.2, 0.25) is 0 Å². The molecule has 22 heavy (non-hydrogen) atoms. The number of rotatable bonds is 5. The van der Waals surface area contributed by atoms with Gasteiger partial charge in [-0.25, -0.2) is 4.79 Å². The molecule has 1 saturated carbocycles. The number of hydrogen-bond acceptors (Lipinski definition) is 4. The smallest absolute Gasteiger partial charge is 0.338 e. The summed E-state index contributed by atoms with van der Waals surface area (Å²) in [4.78, 5) is 23.7. The van der Waals surface area contributed by atoms with Gasteiger partial charge in [-0.05, 0) is 36.5 Å². The molecular weight excluding hydrogens is 282 g/mol. The fourth-order valence-electron chi connectivity index (χ4n) is 2.74. The first-order chi connectivity index (χ1) is 10.6. The van der Waals surface area contributed by atoms with Crippen molar-refractivity contribution in [3.63, 3.8) is 0 Å². The number of aliphatic hydroxyl groups is 1. The van der Waals surface area contributed by atoms with Crippen molar-refractivity contribution in [1.82, 2.24) is 5.32 Å². The van der Waals surface area contributed by atoms with Gasteiger partial charge in [0.25, 0.3) is 5.91 Å². The van der Waals surface area contributed by atoms with E-state index in [1.165, 1.54) is 6.42 Å². The van der Waals surface area contributed by atoms with E-state index >= 15 is 0 Å². The first kappa shape index (κ1) is 16.5. The van der Waals surface area contributed by atoms with Crippen LogP contribution in [0.1, 0.15) is 48.5 Å². The Bertz CT molecular complexity index is 512. The molecule has 0 aliphatic heterocycles. The number of carbonyl (C=O) groups excluding carboxylic acids is 2. The van der Waals surface area contributed by atoms with Crippen LogP contribution in [0.3, 0.4) is 0 Å². The molecule has 2 atom stereocenters. The first-order valence-corrected chi connectivity index (χ1v) is 7.76. The number of amides is 1. The lowest BCUT2D eigenvalue weighted by Crippen LogP contribution is -2.42. The van der Waals surface area contributed by atoms with E-state index in [4.69, 9.17) is 9.84 Å². The quantitative estimate of drug-likeness (QED) is 0.816. The Morgan fingerprint density at radius 3 is 2.55 bits per heavy atom. The normalized spacial score (nSPS) is 21.2. The molecule has 120 valence electrons. The van der Waals surface area contributed by atoms with Gasteiger partial charge in [0.05, 0.1) is 12.2 Å². The Kier molecular flexibility index (Phi) is 5.95. The van der Waals surface area contributed by atoms with Crippen LogP contribution in [0.15, 0.2) is 24.3 Å². The van der Waals surface area contributed by atoms with E-state index in [0.717, 1.165) is 24.8 Å². The molecule has 0 saturated heterocycles. The largest absolute Gasteiger partial charge is 0.452 e. The fourth-order valence-corrected chi connectivity index (χ4v) is 2.74. The van der Waals surface area contributed by atoms with E-state index in [0.29, 0.717) is 11.5 Å². The Labute approximate surface area is 130 Å². The predicted octanol–water partition coefficient (Wildman–Crippen LogP) is 2.03. The molecule has 0 aromatic heterocycles. The van der Waals surface area contributed by atoms with Gasteiger partial charge in [0.15, 0.2) is 6.61 Å². The second kappa shape index (κ2) is 7.94. The lowest BCUT2D eigenvalue weighted by molar-refractivity contribution is -0.125. The molecular formula is C17H23NO4. The number of carbonyl (C=O) groups is 2. The van der Waals surface area contributed by atoms with Crippen LogP contribution in [0.4, 0.5) is 0 Å². The Morgan fingerprint density at radius 1 is 1.23 bits per heavy atom. The van der Waals surface area contributed by atoms with Crippen molar-refractivity contribution in [2.45, 2.75) is 45.3 Å². The molecule has 0 heterocycles. The van der Waals surface area contributed by atoms with Gasteiger partial charge >= 0.3 is 5.97 Å². The van der Waals surface area contributed by atoms with Crippen LogP contribution in [0.5, 0.6) is 0 Å². The first-order valence-electron chi connectivity index (χ1n) is 7.76. The van der Waals surface area contributed by atoms with Crippen molar-refractivity contribution < 1.29 is 19.4 Å². The van der Waals surface area contributed by atoms with Crippen molar-refractivity contribution in [3.8, 4) is 0 Å². The maximum Gasteiger partial charge on any atom is 0.338 e. The summed E-state index contributed by atoms with van der Waals surface area (Å²) in [5.74, 6) is -0.310. The third kappa shape index (κ3) is 4.56. The van der Waals surface area contributed by atoms with Gasteiger partial charge in [0.2, 0.25) is 0 Å². The highest BCUT2D eigenvalue weighted by Crippen LogP contribution is 2.23. The van der Waals surface area contributed by atoms with Crippen LogP contribution < -0.4 is 5.32 Å². The highest BCUT2D eigenvalue weighted by Gasteiger charge is 2.23. The minimum atomic E-state index is -0.531. The van der Waals surface area contributed by atoms with Gasteiger partial charge < -0.3 is 15.2 Å². The zero-order valence-corrected chi connectivity index (χ0v) is 12.9. The summed E-state index contributed by atoms with van der Waals surface area (Å²) in [6, 6.07) is 6.65. The molecule has 1 fully saturated rings. The minimum absolute atomic E-state index is 0.0721.